The summed E-state index contributed by atoms with van der Waals surface area (Å²) in [6.45, 7) is 3.05. The minimum absolute atomic E-state index is 0.0520. The third-order valence-electron chi connectivity index (χ3n) is 3.84. The molecule has 0 spiro atoms. The number of para-hydroxylation sites is 1. The molecule has 1 saturated heterocycles. The Balaban J connectivity index is 2.07. The Labute approximate surface area is 129 Å². The lowest BCUT2D eigenvalue weighted by molar-refractivity contribution is 0.0236. The summed E-state index contributed by atoms with van der Waals surface area (Å²) in [5.74, 6) is 0.300. The van der Waals surface area contributed by atoms with E-state index < -0.39 is 0 Å². The molecule has 0 aliphatic carbocycles. The van der Waals surface area contributed by atoms with Gasteiger partial charge in [-0.15, -0.1) is 0 Å². The van der Waals surface area contributed by atoms with E-state index in [-0.39, 0.29) is 6.04 Å². The summed E-state index contributed by atoms with van der Waals surface area (Å²) >= 11 is 6.40. The first-order valence-corrected chi connectivity index (χ1v) is 7.49. The van der Waals surface area contributed by atoms with Crippen molar-refractivity contribution in [3.05, 3.63) is 64.7 Å². The molecule has 2 aromatic carbocycles. The van der Waals surface area contributed by atoms with Crippen LogP contribution < -0.4 is 0 Å². The highest BCUT2D eigenvalue weighted by molar-refractivity contribution is 6.31. The predicted octanol–water partition coefficient (Wildman–Crippen LogP) is 3.47. The van der Waals surface area contributed by atoms with Crippen LogP contribution in [0.25, 0.3) is 0 Å². The second-order valence-corrected chi connectivity index (χ2v) is 5.54. The molecule has 3 rings (SSSR count). The molecule has 21 heavy (non-hydrogen) atoms. The van der Waals surface area contributed by atoms with Gasteiger partial charge in [0.1, 0.15) is 5.75 Å². The van der Waals surface area contributed by atoms with Crippen LogP contribution in [-0.2, 0) is 4.74 Å². The fourth-order valence-corrected chi connectivity index (χ4v) is 3.05. The number of rotatable bonds is 3. The number of nitrogens with zero attached hydrogens (tertiary/aromatic N) is 1. The summed E-state index contributed by atoms with van der Waals surface area (Å²) in [7, 11) is 0. The second kappa shape index (κ2) is 6.48. The number of ether oxygens (including phenoxy) is 1. The summed E-state index contributed by atoms with van der Waals surface area (Å²) in [6.07, 6.45) is 0. The maximum absolute atomic E-state index is 10.3. The van der Waals surface area contributed by atoms with Crippen LogP contribution in [0.2, 0.25) is 5.02 Å². The first-order chi connectivity index (χ1) is 10.3. The van der Waals surface area contributed by atoms with Gasteiger partial charge in [0.15, 0.2) is 0 Å². The Morgan fingerprint density at radius 3 is 2.24 bits per heavy atom. The lowest BCUT2D eigenvalue weighted by Crippen LogP contribution is -2.39. The quantitative estimate of drug-likeness (QED) is 0.942. The van der Waals surface area contributed by atoms with Crippen molar-refractivity contribution < 1.29 is 9.84 Å². The Kier molecular flexibility index (Phi) is 4.44. The lowest BCUT2D eigenvalue weighted by atomic mass is 9.96. The van der Waals surface area contributed by atoms with Gasteiger partial charge < -0.3 is 9.84 Å². The van der Waals surface area contributed by atoms with Gasteiger partial charge in [0.2, 0.25) is 0 Å². The van der Waals surface area contributed by atoms with Crippen LogP contribution in [0.5, 0.6) is 5.75 Å². The van der Waals surface area contributed by atoms with Gasteiger partial charge in [0, 0.05) is 23.7 Å². The van der Waals surface area contributed by atoms with Crippen LogP contribution in [0.4, 0.5) is 0 Å². The molecule has 4 heteroatoms. The van der Waals surface area contributed by atoms with Crippen molar-refractivity contribution in [1.82, 2.24) is 4.90 Å². The van der Waals surface area contributed by atoms with Gasteiger partial charge in [0.25, 0.3) is 0 Å². The van der Waals surface area contributed by atoms with Gasteiger partial charge in [-0.25, -0.2) is 0 Å². The monoisotopic (exact) mass is 303 g/mol. The average Bonchev–Trinajstić information content (AvgIpc) is 2.52. The highest BCUT2D eigenvalue weighted by Gasteiger charge is 2.27. The van der Waals surface area contributed by atoms with Crippen LogP contribution in [-0.4, -0.2) is 36.3 Å². The number of benzene rings is 2. The summed E-state index contributed by atoms with van der Waals surface area (Å²) in [4.78, 5) is 2.31. The Morgan fingerprint density at radius 1 is 0.952 bits per heavy atom. The van der Waals surface area contributed by atoms with Crippen molar-refractivity contribution in [2.45, 2.75) is 6.04 Å². The molecular formula is C17H18ClNO2. The van der Waals surface area contributed by atoms with Crippen LogP contribution in [0.3, 0.4) is 0 Å². The fourth-order valence-electron chi connectivity index (χ4n) is 2.81. The molecule has 1 aliphatic heterocycles. The molecule has 0 saturated carbocycles. The molecule has 3 nitrogen and oxygen atoms in total. The molecule has 0 aromatic heterocycles. The number of phenols is 1. The number of hydrogen-bond acceptors (Lipinski definition) is 3. The van der Waals surface area contributed by atoms with Gasteiger partial charge in [-0.3, -0.25) is 4.90 Å². The third-order valence-corrected chi connectivity index (χ3v) is 4.19. The molecule has 1 heterocycles. The molecular weight excluding hydrogens is 286 g/mol. The summed E-state index contributed by atoms with van der Waals surface area (Å²) in [6, 6.07) is 15.2. The maximum atomic E-state index is 10.3. The normalized spacial score (nSPS) is 17.6. The van der Waals surface area contributed by atoms with E-state index in [1.54, 1.807) is 6.07 Å². The Hall–Kier alpha value is -1.55. The highest BCUT2D eigenvalue weighted by atomic mass is 35.5. The zero-order valence-corrected chi connectivity index (χ0v) is 12.5. The van der Waals surface area contributed by atoms with Gasteiger partial charge in [-0.05, 0) is 17.7 Å². The first kappa shape index (κ1) is 14.4. The third kappa shape index (κ3) is 3.05. The topological polar surface area (TPSA) is 32.7 Å². The number of hydrogen-bond donors (Lipinski definition) is 1. The van der Waals surface area contributed by atoms with Crippen molar-refractivity contribution in [2.24, 2.45) is 0 Å². The molecule has 0 bridgehead atoms. The van der Waals surface area contributed by atoms with Gasteiger partial charge in [-0.2, -0.15) is 0 Å². The zero-order chi connectivity index (χ0) is 14.7. The van der Waals surface area contributed by atoms with Crippen LogP contribution in [0.1, 0.15) is 17.2 Å². The van der Waals surface area contributed by atoms with Crippen molar-refractivity contribution in [1.29, 1.82) is 0 Å². The van der Waals surface area contributed by atoms with E-state index in [4.69, 9.17) is 16.3 Å². The van der Waals surface area contributed by atoms with Crippen LogP contribution >= 0.6 is 11.6 Å². The van der Waals surface area contributed by atoms with E-state index >= 15 is 0 Å². The standard InChI is InChI=1S/C17H18ClNO2/c18-15-7-3-1-5-13(15)17(19-9-11-21-12-10-19)14-6-2-4-8-16(14)20/h1-8,17,20H,9-12H2. The number of morpholine rings is 1. The first-order valence-electron chi connectivity index (χ1n) is 7.11. The molecule has 1 aliphatic rings. The van der Waals surface area contributed by atoms with E-state index in [1.165, 1.54) is 0 Å². The molecule has 2 aromatic rings. The SMILES string of the molecule is Oc1ccccc1C(c1ccccc1Cl)N1CCOCC1. The zero-order valence-electron chi connectivity index (χ0n) is 11.7. The summed E-state index contributed by atoms with van der Waals surface area (Å²) < 4.78 is 5.44. The Morgan fingerprint density at radius 2 is 1.57 bits per heavy atom. The molecule has 1 unspecified atom stereocenters. The van der Waals surface area contributed by atoms with Crippen molar-refractivity contribution in [2.75, 3.05) is 26.3 Å². The smallest absolute Gasteiger partial charge is 0.120 e. The minimum Gasteiger partial charge on any atom is -0.508 e. The van der Waals surface area contributed by atoms with E-state index in [2.05, 4.69) is 4.90 Å². The van der Waals surface area contributed by atoms with Crippen molar-refractivity contribution in [3.63, 3.8) is 0 Å². The summed E-state index contributed by atoms with van der Waals surface area (Å²) in [5, 5.41) is 11.0. The number of aromatic hydroxyl groups is 1. The fraction of sp³-hybridized carbons (Fsp3) is 0.294. The van der Waals surface area contributed by atoms with Gasteiger partial charge >= 0.3 is 0 Å². The van der Waals surface area contributed by atoms with Gasteiger partial charge in [-0.1, -0.05) is 48.0 Å². The second-order valence-electron chi connectivity index (χ2n) is 5.13. The van der Waals surface area contributed by atoms with Crippen molar-refractivity contribution >= 4 is 11.6 Å². The van der Waals surface area contributed by atoms with E-state index in [0.717, 1.165) is 29.2 Å². The molecule has 110 valence electrons. The average molecular weight is 304 g/mol. The molecule has 0 radical (unpaired) electrons. The largest absolute Gasteiger partial charge is 0.508 e. The molecule has 1 N–H and O–H groups in total. The molecule has 0 amide bonds. The Bertz CT molecular complexity index is 566. The van der Waals surface area contributed by atoms with E-state index in [0.29, 0.717) is 19.0 Å². The molecule has 1 atom stereocenters. The predicted molar refractivity (Wildman–Crippen MR) is 83.8 cm³/mol. The summed E-state index contributed by atoms with van der Waals surface area (Å²) in [5.41, 5.74) is 1.90. The maximum Gasteiger partial charge on any atom is 0.120 e. The van der Waals surface area contributed by atoms with Crippen molar-refractivity contribution in [3.8, 4) is 5.75 Å². The highest BCUT2D eigenvalue weighted by Crippen LogP contribution is 2.37. The van der Waals surface area contributed by atoms with Crippen LogP contribution in [0, 0.1) is 0 Å². The number of phenolic OH excluding ortho intramolecular Hbond substituents is 1. The molecule has 1 fully saturated rings. The van der Waals surface area contributed by atoms with E-state index in [9.17, 15) is 5.11 Å². The lowest BCUT2D eigenvalue weighted by Gasteiger charge is -2.35. The number of halogens is 1. The van der Waals surface area contributed by atoms with Gasteiger partial charge in [0.05, 0.1) is 19.3 Å². The van der Waals surface area contributed by atoms with Crippen LogP contribution in [0.15, 0.2) is 48.5 Å². The minimum atomic E-state index is -0.0520. The van der Waals surface area contributed by atoms with E-state index in [1.807, 2.05) is 42.5 Å².